The van der Waals surface area contributed by atoms with Crippen molar-refractivity contribution in [3.63, 3.8) is 0 Å². The lowest BCUT2D eigenvalue weighted by atomic mass is 10.2. The van der Waals surface area contributed by atoms with E-state index in [1.54, 1.807) is 30.6 Å². The van der Waals surface area contributed by atoms with Crippen molar-refractivity contribution in [1.29, 1.82) is 0 Å². The fourth-order valence-corrected chi connectivity index (χ4v) is 3.94. The summed E-state index contributed by atoms with van der Waals surface area (Å²) in [7, 11) is 0. The second-order valence-electron chi connectivity index (χ2n) is 6.82. The van der Waals surface area contributed by atoms with Crippen LogP contribution in [-0.4, -0.2) is 44.0 Å². The zero-order valence-corrected chi connectivity index (χ0v) is 17.3. The maximum Gasteiger partial charge on any atom is 0.300 e. The van der Waals surface area contributed by atoms with Crippen LogP contribution in [0.2, 0.25) is 0 Å². The van der Waals surface area contributed by atoms with Gasteiger partial charge in [-0.2, -0.15) is 0 Å². The van der Waals surface area contributed by atoms with E-state index in [9.17, 15) is 14.0 Å². The molecule has 1 aliphatic heterocycles. The monoisotopic (exact) mass is 453 g/mol. The second-order valence-corrected chi connectivity index (χ2v) is 7.76. The molecule has 0 atom stereocenters. The maximum absolute atomic E-state index is 13.2. The number of benzene rings is 2. The third kappa shape index (κ3) is 3.89. The average Bonchev–Trinajstić information content (AvgIpc) is 3.23. The second kappa shape index (κ2) is 8.35. The molecule has 11 heteroatoms. The van der Waals surface area contributed by atoms with Crippen LogP contribution in [0.4, 0.5) is 10.1 Å². The molecule has 32 heavy (non-hydrogen) atoms. The van der Waals surface area contributed by atoms with E-state index in [1.807, 2.05) is 0 Å². The van der Waals surface area contributed by atoms with Crippen molar-refractivity contribution in [3.8, 4) is 17.2 Å². The molecule has 0 fully saturated rings. The van der Waals surface area contributed by atoms with Gasteiger partial charge < -0.3 is 14.8 Å². The molecule has 0 saturated carbocycles. The topological polar surface area (TPSA) is 99.8 Å². The van der Waals surface area contributed by atoms with Crippen LogP contribution >= 0.6 is 11.8 Å². The first kappa shape index (κ1) is 20.1. The zero-order chi connectivity index (χ0) is 22.1. The first-order chi connectivity index (χ1) is 15.6. The Morgan fingerprint density at radius 2 is 1.84 bits per heavy atom. The molecule has 2 aromatic heterocycles. The molecule has 1 aliphatic rings. The van der Waals surface area contributed by atoms with Crippen molar-refractivity contribution in [2.45, 2.75) is 5.16 Å². The van der Waals surface area contributed by atoms with E-state index in [0.29, 0.717) is 41.2 Å². The predicted octanol–water partition coefficient (Wildman–Crippen LogP) is 2.52. The van der Waals surface area contributed by atoms with Crippen molar-refractivity contribution < 1.29 is 18.7 Å². The Morgan fingerprint density at radius 1 is 1.06 bits per heavy atom. The van der Waals surface area contributed by atoms with Crippen LogP contribution < -0.4 is 20.3 Å². The Kier molecular flexibility index (Phi) is 5.23. The summed E-state index contributed by atoms with van der Waals surface area (Å²) in [6.07, 6.45) is 3.17. The Hall–Kier alpha value is -3.86. The van der Waals surface area contributed by atoms with Gasteiger partial charge in [0.05, 0.1) is 5.75 Å². The smallest absolute Gasteiger partial charge is 0.300 e. The van der Waals surface area contributed by atoms with E-state index in [4.69, 9.17) is 9.47 Å². The molecule has 4 aromatic rings. The van der Waals surface area contributed by atoms with Crippen LogP contribution in [-0.2, 0) is 4.79 Å². The van der Waals surface area contributed by atoms with Crippen molar-refractivity contribution in [3.05, 3.63) is 71.0 Å². The number of anilines is 1. The molecule has 0 bridgehead atoms. The highest BCUT2D eigenvalue weighted by molar-refractivity contribution is 7.99. The van der Waals surface area contributed by atoms with E-state index in [0.717, 1.165) is 11.8 Å². The van der Waals surface area contributed by atoms with Crippen LogP contribution in [0.25, 0.3) is 11.3 Å². The summed E-state index contributed by atoms with van der Waals surface area (Å²) in [6, 6.07) is 10.7. The Labute approximate surface area is 184 Å². The summed E-state index contributed by atoms with van der Waals surface area (Å²) in [5.41, 5.74) is 0.800. The summed E-state index contributed by atoms with van der Waals surface area (Å²) in [5.74, 6) is 0.657. The number of hydrogen-bond donors (Lipinski definition) is 1. The number of rotatable bonds is 5. The molecular weight excluding hydrogens is 437 g/mol. The number of halogens is 1. The minimum absolute atomic E-state index is 0.0658. The number of amides is 1. The molecule has 5 rings (SSSR count). The van der Waals surface area contributed by atoms with Crippen molar-refractivity contribution in [2.24, 2.45) is 0 Å². The number of aromatic nitrogens is 4. The molecule has 9 nitrogen and oxygen atoms in total. The number of carbonyl (C=O) groups is 1. The minimum atomic E-state index is -0.404. The van der Waals surface area contributed by atoms with Crippen molar-refractivity contribution in [2.75, 3.05) is 24.3 Å². The molecule has 1 amide bonds. The lowest BCUT2D eigenvalue weighted by Crippen LogP contribution is -2.20. The van der Waals surface area contributed by atoms with Crippen LogP contribution in [0, 0.1) is 5.82 Å². The number of fused-ring (bicyclic) bond motifs is 2. The number of thioether (sulfide) groups is 1. The maximum atomic E-state index is 13.2. The number of hydrogen-bond acceptors (Lipinski definition) is 7. The number of carbonyl (C=O) groups excluding carboxylic acids is 1. The molecule has 2 aromatic carbocycles. The lowest BCUT2D eigenvalue weighted by Gasteiger charge is -2.18. The molecule has 0 aliphatic carbocycles. The number of nitrogens with zero attached hydrogens (tertiary/aromatic N) is 4. The van der Waals surface area contributed by atoms with Gasteiger partial charge in [0.2, 0.25) is 11.6 Å². The first-order valence-electron chi connectivity index (χ1n) is 9.63. The third-order valence-electron chi connectivity index (χ3n) is 4.70. The first-order valence-corrected chi connectivity index (χ1v) is 10.6. The molecular formula is C21H16FN5O4S. The van der Waals surface area contributed by atoms with E-state index < -0.39 is 11.4 Å². The van der Waals surface area contributed by atoms with Gasteiger partial charge in [-0.05, 0) is 36.4 Å². The van der Waals surface area contributed by atoms with Gasteiger partial charge in [-0.25, -0.2) is 4.39 Å². The Balaban J connectivity index is 1.29. The van der Waals surface area contributed by atoms with Crippen LogP contribution in [0.15, 0.2) is 64.8 Å². The predicted molar refractivity (Wildman–Crippen MR) is 115 cm³/mol. The van der Waals surface area contributed by atoms with Crippen LogP contribution in [0.1, 0.15) is 0 Å². The quantitative estimate of drug-likeness (QED) is 0.464. The van der Waals surface area contributed by atoms with Gasteiger partial charge in [0.15, 0.2) is 16.7 Å². The third-order valence-corrected chi connectivity index (χ3v) is 5.65. The molecule has 1 N–H and O–H groups in total. The molecule has 162 valence electrons. The van der Waals surface area contributed by atoms with Gasteiger partial charge in [-0.15, -0.1) is 10.2 Å². The highest BCUT2D eigenvalue weighted by Gasteiger charge is 2.15. The summed E-state index contributed by atoms with van der Waals surface area (Å²) in [6.45, 7) is 0.958. The molecule has 0 saturated heterocycles. The highest BCUT2D eigenvalue weighted by atomic mass is 32.2. The fourth-order valence-electron chi connectivity index (χ4n) is 3.22. The lowest BCUT2D eigenvalue weighted by molar-refractivity contribution is -0.113. The minimum Gasteiger partial charge on any atom is -0.486 e. The van der Waals surface area contributed by atoms with Gasteiger partial charge in [-0.3, -0.25) is 18.6 Å². The fraction of sp³-hybridized carbons (Fsp3) is 0.143. The number of nitrogens with one attached hydrogen (secondary N) is 1. The Morgan fingerprint density at radius 3 is 2.66 bits per heavy atom. The Bertz CT molecular complexity index is 1370. The normalized spacial score (nSPS) is 12.7. The average molecular weight is 453 g/mol. The molecule has 3 heterocycles. The van der Waals surface area contributed by atoms with Crippen LogP contribution in [0.5, 0.6) is 11.5 Å². The van der Waals surface area contributed by atoms with Crippen molar-refractivity contribution in [1.82, 2.24) is 19.2 Å². The van der Waals surface area contributed by atoms with E-state index in [1.165, 1.54) is 33.2 Å². The van der Waals surface area contributed by atoms with E-state index in [2.05, 4.69) is 15.5 Å². The van der Waals surface area contributed by atoms with Gasteiger partial charge in [0.25, 0.3) is 0 Å². The van der Waals surface area contributed by atoms with Gasteiger partial charge in [0.1, 0.15) is 19.0 Å². The van der Waals surface area contributed by atoms with E-state index >= 15 is 0 Å². The van der Waals surface area contributed by atoms with E-state index in [-0.39, 0.29) is 17.3 Å². The molecule has 0 spiro atoms. The van der Waals surface area contributed by atoms with Crippen LogP contribution in [0.3, 0.4) is 0 Å². The summed E-state index contributed by atoms with van der Waals surface area (Å²) >= 11 is 1.15. The largest absolute Gasteiger partial charge is 0.486 e. The van der Waals surface area contributed by atoms with Gasteiger partial charge >= 0.3 is 5.56 Å². The number of ether oxygens (including phenoxy) is 2. The summed E-state index contributed by atoms with van der Waals surface area (Å²) in [4.78, 5) is 25.1. The highest BCUT2D eigenvalue weighted by Crippen LogP contribution is 2.32. The van der Waals surface area contributed by atoms with Gasteiger partial charge in [-0.1, -0.05) is 11.8 Å². The van der Waals surface area contributed by atoms with Gasteiger partial charge in [0, 0.05) is 29.8 Å². The zero-order valence-electron chi connectivity index (χ0n) is 16.5. The molecule has 0 radical (unpaired) electrons. The summed E-state index contributed by atoms with van der Waals surface area (Å²) in [5, 5.41) is 11.2. The SMILES string of the molecule is O=C(CSc1nnc2c(=O)n(-c3ccc(F)cc3)ccn12)Nc1ccc2c(c1)OCCO2. The van der Waals surface area contributed by atoms with Crippen molar-refractivity contribution >= 4 is 29.0 Å². The summed E-state index contributed by atoms with van der Waals surface area (Å²) < 4.78 is 27.0. The molecule has 0 unspecified atom stereocenters. The standard InChI is InChI=1S/C21H16FN5O4S/c22-13-1-4-15(5-2-13)26-7-8-27-19(20(26)29)24-25-21(27)32-12-18(28)23-14-3-6-16-17(11-14)31-10-9-30-16/h1-8,11H,9-10,12H2,(H,23,28).